The summed E-state index contributed by atoms with van der Waals surface area (Å²) in [6.07, 6.45) is 3.97. The lowest BCUT2D eigenvalue weighted by molar-refractivity contribution is -0.385. The highest BCUT2D eigenvalue weighted by atomic mass is 79.9. The van der Waals surface area contributed by atoms with Crippen molar-refractivity contribution in [3.8, 4) is 5.75 Å². The number of nitrogens with zero attached hydrogens (tertiary/aromatic N) is 5. The van der Waals surface area contributed by atoms with Crippen molar-refractivity contribution in [2.45, 2.75) is 0 Å². The van der Waals surface area contributed by atoms with Crippen LogP contribution in [0, 0.1) is 10.1 Å². The van der Waals surface area contributed by atoms with Crippen LogP contribution in [0.2, 0.25) is 0 Å². The highest BCUT2D eigenvalue weighted by molar-refractivity contribution is 9.10. The van der Waals surface area contributed by atoms with Crippen LogP contribution in [0.5, 0.6) is 5.75 Å². The first-order chi connectivity index (χ1) is 8.58. The molecule has 1 aromatic heterocycles. The van der Waals surface area contributed by atoms with Crippen LogP contribution in [0.1, 0.15) is 5.56 Å². The molecule has 0 atom stereocenters. The quantitative estimate of drug-likeness (QED) is 0.525. The van der Waals surface area contributed by atoms with E-state index in [0.717, 1.165) is 0 Å². The van der Waals surface area contributed by atoms with Crippen molar-refractivity contribution in [1.82, 2.24) is 14.9 Å². The van der Waals surface area contributed by atoms with E-state index in [0.29, 0.717) is 4.47 Å². The number of aromatic nitrogens is 3. The zero-order valence-corrected chi connectivity index (χ0v) is 10.4. The summed E-state index contributed by atoms with van der Waals surface area (Å²) in [5.74, 6) is -0.444. The first-order valence-corrected chi connectivity index (χ1v) is 5.43. The topological polar surface area (TPSA) is 106 Å². The molecule has 0 spiro atoms. The van der Waals surface area contributed by atoms with Gasteiger partial charge in [0.15, 0.2) is 0 Å². The maximum Gasteiger partial charge on any atom is 0.312 e. The van der Waals surface area contributed by atoms with Gasteiger partial charge in [0.25, 0.3) is 0 Å². The summed E-state index contributed by atoms with van der Waals surface area (Å²) in [6, 6.07) is 2.72. The Bertz CT molecular complexity index is 611. The third-order valence-electron chi connectivity index (χ3n) is 2.02. The number of phenols is 1. The average molecular weight is 312 g/mol. The van der Waals surface area contributed by atoms with Gasteiger partial charge in [0, 0.05) is 16.1 Å². The summed E-state index contributed by atoms with van der Waals surface area (Å²) in [4.78, 5) is 10.0. The second kappa shape index (κ2) is 4.92. The molecule has 0 saturated heterocycles. The van der Waals surface area contributed by atoms with Crippen LogP contribution in [0.4, 0.5) is 5.69 Å². The van der Waals surface area contributed by atoms with Gasteiger partial charge in [0.2, 0.25) is 5.75 Å². The van der Waals surface area contributed by atoms with Crippen molar-refractivity contribution in [2.75, 3.05) is 0 Å². The van der Waals surface area contributed by atoms with Crippen molar-refractivity contribution < 1.29 is 10.0 Å². The molecule has 1 N–H and O–H groups in total. The molecule has 0 saturated carbocycles. The highest BCUT2D eigenvalue weighted by Crippen LogP contribution is 2.32. The number of phenolic OH excluding ortho intramolecular Hbond substituents is 1. The Balaban J connectivity index is 2.42. The number of benzene rings is 1. The zero-order chi connectivity index (χ0) is 13.1. The van der Waals surface area contributed by atoms with Crippen molar-refractivity contribution in [3.05, 3.63) is 44.9 Å². The molecule has 9 heteroatoms. The lowest BCUT2D eigenvalue weighted by atomic mass is 10.2. The molecule has 0 aliphatic carbocycles. The standard InChI is InChI=1S/C9H6BrN5O3/c10-7-1-6(3-13-14-4-11-12-5-14)9(16)8(2-7)15(17)18/h1-5,16H. The summed E-state index contributed by atoms with van der Waals surface area (Å²) in [5.41, 5.74) is -0.181. The Morgan fingerprint density at radius 2 is 2.11 bits per heavy atom. The third-order valence-corrected chi connectivity index (χ3v) is 2.48. The Morgan fingerprint density at radius 3 is 2.72 bits per heavy atom. The summed E-state index contributed by atoms with van der Waals surface area (Å²) in [5, 5.41) is 31.4. The monoisotopic (exact) mass is 311 g/mol. The van der Waals surface area contributed by atoms with Gasteiger partial charge in [0.1, 0.15) is 12.7 Å². The van der Waals surface area contributed by atoms with E-state index in [9.17, 15) is 15.2 Å². The molecule has 0 aliphatic rings. The molecule has 92 valence electrons. The van der Waals surface area contributed by atoms with Gasteiger partial charge in [-0.1, -0.05) is 15.9 Å². The van der Waals surface area contributed by atoms with Gasteiger partial charge >= 0.3 is 5.69 Å². The van der Waals surface area contributed by atoms with Crippen LogP contribution in [0.3, 0.4) is 0 Å². The largest absolute Gasteiger partial charge is 0.502 e. The van der Waals surface area contributed by atoms with E-state index in [1.807, 2.05) is 0 Å². The van der Waals surface area contributed by atoms with Crippen LogP contribution in [0.25, 0.3) is 0 Å². The minimum absolute atomic E-state index is 0.213. The number of hydrogen-bond donors (Lipinski definition) is 1. The molecule has 18 heavy (non-hydrogen) atoms. The van der Waals surface area contributed by atoms with Crippen LogP contribution >= 0.6 is 15.9 Å². The number of halogens is 1. The Morgan fingerprint density at radius 1 is 1.44 bits per heavy atom. The fourth-order valence-electron chi connectivity index (χ4n) is 1.23. The predicted octanol–water partition coefficient (Wildman–Crippen LogP) is 1.54. The van der Waals surface area contributed by atoms with Crippen molar-refractivity contribution in [2.24, 2.45) is 5.10 Å². The number of aromatic hydroxyl groups is 1. The lowest BCUT2D eigenvalue weighted by Gasteiger charge is -2.01. The average Bonchev–Trinajstić information content (AvgIpc) is 2.82. The predicted molar refractivity (Wildman–Crippen MR) is 65.5 cm³/mol. The van der Waals surface area contributed by atoms with E-state index in [2.05, 4.69) is 31.2 Å². The van der Waals surface area contributed by atoms with Crippen LogP contribution in [-0.2, 0) is 0 Å². The normalized spacial score (nSPS) is 10.9. The maximum atomic E-state index is 10.7. The first kappa shape index (κ1) is 12.2. The SMILES string of the molecule is O=[N+]([O-])c1cc(Br)cc(C=Nn2cnnc2)c1O. The lowest BCUT2D eigenvalue weighted by Crippen LogP contribution is -1.94. The van der Waals surface area contributed by atoms with E-state index >= 15 is 0 Å². The molecule has 0 amide bonds. The molecule has 0 radical (unpaired) electrons. The van der Waals surface area contributed by atoms with Crippen molar-refractivity contribution >= 4 is 27.8 Å². The molecule has 0 bridgehead atoms. The fourth-order valence-corrected chi connectivity index (χ4v) is 1.69. The van der Waals surface area contributed by atoms with Crippen molar-refractivity contribution in [3.63, 3.8) is 0 Å². The fraction of sp³-hybridized carbons (Fsp3) is 0. The molecule has 0 fully saturated rings. The number of nitro benzene ring substituents is 1. The summed E-state index contributed by atoms with van der Waals surface area (Å²) in [6.45, 7) is 0. The van der Waals surface area contributed by atoms with Gasteiger partial charge in [-0.25, -0.2) is 4.68 Å². The van der Waals surface area contributed by atoms with Crippen molar-refractivity contribution in [1.29, 1.82) is 0 Å². The highest BCUT2D eigenvalue weighted by Gasteiger charge is 2.17. The molecular formula is C9H6BrN5O3. The van der Waals surface area contributed by atoms with Crippen LogP contribution in [-0.4, -0.2) is 31.1 Å². The minimum atomic E-state index is -0.670. The zero-order valence-electron chi connectivity index (χ0n) is 8.76. The van der Waals surface area contributed by atoms with Gasteiger partial charge < -0.3 is 5.11 Å². The molecular weight excluding hydrogens is 306 g/mol. The van der Waals surface area contributed by atoms with Crippen LogP contribution < -0.4 is 0 Å². The number of hydrogen-bond acceptors (Lipinski definition) is 6. The van der Waals surface area contributed by atoms with Gasteiger partial charge in [-0.3, -0.25) is 10.1 Å². The molecule has 1 heterocycles. The molecule has 0 unspecified atom stereocenters. The maximum absolute atomic E-state index is 10.7. The van der Waals surface area contributed by atoms with E-state index in [4.69, 9.17) is 0 Å². The Labute approximate surface area is 109 Å². The summed E-state index contributed by atoms with van der Waals surface area (Å²) in [7, 11) is 0. The Hall–Kier alpha value is -2.29. The van der Waals surface area contributed by atoms with E-state index in [-0.39, 0.29) is 5.56 Å². The van der Waals surface area contributed by atoms with Gasteiger partial charge in [-0.15, -0.1) is 10.2 Å². The second-order valence-corrected chi connectivity index (χ2v) is 4.12. The van der Waals surface area contributed by atoms with E-state index in [1.165, 1.54) is 35.7 Å². The smallest absolute Gasteiger partial charge is 0.312 e. The second-order valence-electron chi connectivity index (χ2n) is 3.21. The number of nitro groups is 1. The summed E-state index contributed by atoms with van der Waals surface area (Å²) < 4.78 is 1.77. The summed E-state index contributed by atoms with van der Waals surface area (Å²) >= 11 is 3.13. The first-order valence-electron chi connectivity index (χ1n) is 4.64. The molecule has 1 aromatic carbocycles. The van der Waals surface area contributed by atoms with E-state index in [1.54, 1.807) is 0 Å². The molecule has 0 aliphatic heterocycles. The van der Waals surface area contributed by atoms with E-state index < -0.39 is 16.4 Å². The molecule has 2 aromatic rings. The number of rotatable bonds is 3. The molecule has 2 rings (SSSR count). The van der Waals surface area contributed by atoms with Gasteiger partial charge in [-0.2, -0.15) is 5.10 Å². The van der Waals surface area contributed by atoms with Crippen LogP contribution in [0.15, 0.2) is 34.4 Å². The third kappa shape index (κ3) is 2.51. The minimum Gasteiger partial charge on any atom is -0.502 e. The molecule has 8 nitrogen and oxygen atoms in total. The van der Waals surface area contributed by atoms with Gasteiger partial charge in [-0.05, 0) is 6.07 Å². The van der Waals surface area contributed by atoms with Gasteiger partial charge in [0.05, 0.1) is 11.1 Å². The Kier molecular flexibility index (Phi) is 3.33.